The highest BCUT2D eigenvalue weighted by Gasteiger charge is 2.30. The molecule has 3 aromatic rings. The quantitative estimate of drug-likeness (QED) is 0.375. The number of benzene rings is 1. The van der Waals surface area contributed by atoms with Crippen LogP contribution in [0.3, 0.4) is 0 Å². The summed E-state index contributed by atoms with van der Waals surface area (Å²) >= 11 is 6.68. The van der Waals surface area contributed by atoms with Crippen molar-refractivity contribution in [3.8, 4) is 11.1 Å². The number of allylic oxidation sites excluding steroid dienone is 1. The first-order valence-electron chi connectivity index (χ1n) is 12.1. The minimum Gasteiger partial charge on any atom is -0.293 e. The predicted octanol–water partition coefficient (Wildman–Crippen LogP) is 6.33. The first-order valence-corrected chi connectivity index (χ1v) is 12.5. The normalized spacial score (nSPS) is 16.3. The van der Waals surface area contributed by atoms with E-state index >= 15 is 0 Å². The molecule has 1 unspecified atom stereocenters. The number of carbonyl (C=O) groups excluding carboxylic acids is 1. The third-order valence-corrected chi connectivity index (χ3v) is 6.10. The second-order valence-corrected chi connectivity index (χ2v) is 8.53. The summed E-state index contributed by atoms with van der Waals surface area (Å²) < 4.78 is 0. The lowest BCUT2D eigenvalue weighted by Crippen LogP contribution is -2.42. The van der Waals surface area contributed by atoms with Crippen LogP contribution in [0.25, 0.3) is 16.7 Å². The topological polar surface area (TPSA) is 70.5 Å². The molecule has 190 valence electrons. The maximum atomic E-state index is 13.5. The van der Waals surface area contributed by atoms with E-state index in [-0.39, 0.29) is 12.1 Å². The Morgan fingerprint density at radius 3 is 2.57 bits per heavy atom. The van der Waals surface area contributed by atoms with E-state index in [0.29, 0.717) is 35.1 Å². The van der Waals surface area contributed by atoms with Gasteiger partial charge in [-0.3, -0.25) is 25.0 Å². The summed E-state index contributed by atoms with van der Waals surface area (Å²) in [6.07, 6.45) is 8.93. The number of pyridine rings is 2. The molecule has 3 heterocycles. The number of rotatable bonds is 7. The van der Waals surface area contributed by atoms with Crippen LogP contribution in [0, 0.1) is 0 Å². The average Bonchev–Trinajstić information content (AvgIpc) is 2.94. The molecule has 1 aliphatic heterocycles. The van der Waals surface area contributed by atoms with Gasteiger partial charge in [0.25, 0.3) is 5.91 Å². The van der Waals surface area contributed by atoms with E-state index in [9.17, 15) is 4.79 Å². The number of hydrogen-bond donors (Lipinski definition) is 1. The standard InChI is InChI=1S/C28H28ClN5O.C2H4/c1-4-20-15-25(24-12-11-21(16-26(24)29)22-9-8-13-30-17-22)28(35)34(5-2)27(20)33-19(3)32-18-23-10-6-7-14-31-23;1-2/h4,6-17,19,32H,5,18H2,1-3H3;1-2H2/b20-4-,33-27+;. The van der Waals surface area contributed by atoms with Crippen molar-refractivity contribution >= 4 is 28.9 Å². The van der Waals surface area contributed by atoms with Gasteiger partial charge in [-0.1, -0.05) is 41.9 Å². The van der Waals surface area contributed by atoms with Crippen molar-refractivity contribution in [1.29, 1.82) is 0 Å². The van der Waals surface area contributed by atoms with Crippen LogP contribution in [0.4, 0.5) is 0 Å². The van der Waals surface area contributed by atoms with Crippen LogP contribution in [-0.2, 0) is 11.3 Å². The van der Waals surface area contributed by atoms with Crippen molar-refractivity contribution in [1.82, 2.24) is 20.2 Å². The summed E-state index contributed by atoms with van der Waals surface area (Å²) in [4.78, 5) is 28.6. The van der Waals surface area contributed by atoms with Crippen LogP contribution in [-0.4, -0.2) is 39.3 Å². The van der Waals surface area contributed by atoms with Crippen LogP contribution in [0.1, 0.15) is 32.0 Å². The van der Waals surface area contributed by atoms with E-state index in [1.165, 1.54) is 0 Å². The van der Waals surface area contributed by atoms with Gasteiger partial charge in [-0.2, -0.15) is 0 Å². The molecule has 1 aromatic carbocycles. The Bertz CT molecular complexity index is 1300. The van der Waals surface area contributed by atoms with E-state index in [2.05, 4.69) is 28.4 Å². The molecule has 0 radical (unpaired) electrons. The minimum atomic E-state index is -0.207. The first kappa shape index (κ1) is 27.7. The van der Waals surface area contributed by atoms with Crippen LogP contribution in [0.5, 0.6) is 0 Å². The number of aromatic nitrogens is 2. The van der Waals surface area contributed by atoms with Gasteiger partial charge in [-0.15, -0.1) is 13.2 Å². The summed E-state index contributed by atoms with van der Waals surface area (Å²) in [7, 11) is 0. The molecule has 0 bridgehead atoms. The van der Waals surface area contributed by atoms with Crippen molar-refractivity contribution in [2.24, 2.45) is 4.99 Å². The molecule has 1 aliphatic rings. The Labute approximate surface area is 224 Å². The fraction of sp³-hybridized carbons (Fsp3) is 0.200. The first-order chi connectivity index (χ1) is 18.0. The summed E-state index contributed by atoms with van der Waals surface area (Å²) in [5.41, 5.74) is 4.98. The molecule has 2 aromatic heterocycles. The zero-order valence-electron chi connectivity index (χ0n) is 21.5. The Hall–Kier alpha value is -3.87. The highest BCUT2D eigenvalue weighted by atomic mass is 35.5. The Morgan fingerprint density at radius 2 is 1.95 bits per heavy atom. The van der Waals surface area contributed by atoms with E-state index in [1.54, 1.807) is 23.5 Å². The molecule has 0 fully saturated rings. The highest BCUT2D eigenvalue weighted by molar-refractivity contribution is 6.37. The molecule has 1 amide bonds. The van der Waals surface area contributed by atoms with E-state index in [1.807, 2.05) is 81.5 Å². The van der Waals surface area contributed by atoms with Crippen molar-refractivity contribution in [2.45, 2.75) is 33.5 Å². The highest BCUT2D eigenvalue weighted by Crippen LogP contribution is 2.33. The molecular weight excluding hydrogens is 482 g/mol. The number of nitrogens with one attached hydrogen (secondary N) is 1. The van der Waals surface area contributed by atoms with Crippen LogP contribution >= 0.6 is 11.6 Å². The molecule has 0 aliphatic carbocycles. The van der Waals surface area contributed by atoms with Gasteiger partial charge in [-0.25, -0.2) is 4.99 Å². The molecule has 6 nitrogen and oxygen atoms in total. The van der Waals surface area contributed by atoms with Crippen LogP contribution < -0.4 is 5.32 Å². The molecule has 0 saturated carbocycles. The second kappa shape index (κ2) is 13.4. The minimum absolute atomic E-state index is 0.121. The summed E-state index contributed by atoms with van der Waals surface area (Å²) in [6, 6.07) is 15.4. The number of likely N-dealkylation sites (N-methyl/N-ethyl adjacent to an activating group) is 1. The maximum absolute atomic E-state index is 13.5. The Kier molecular flexibility index (Phi) is 10.1. The molecule has 4 rings (SSSR count). The summed E-state index contributed by atoms with van der Waals surface area (Å²) in [6.45, 7) is 12.9. The summed E-state index contributed by atoms with van der Waals surface area (Å²) in [5, 5.41) is 3.88. The van der Waals surface area contributed by atoms with Gasteiger partial charge in [0.2, 0.25) is 0 Å². The van der Waals surface area contributed by atoms with Gasteiger partial charge in [-0.05, 0) is 56.7 Å². The van der Waals surface area contributed by atoms with Crippen molar-refractivity contribution in [2.75, 3.05) is 6.54 Å². The third-order valence-electron chi connectivity index (χ3n) is 5.79. The number of halogens is 1. The van der Waals surface area contributed by atoms with Crippen LogP contribution in [0.15, 0.2) is 103 Å². The van der Waals surface area contributed by atoms with Crippen molar-refractivity contribution in [3.05, 3.63) is 114 Å². The fourth-order valence-corrected chi connectivity index (χ4v) is 4.24. The lowest BCUT2D eigenvalue weighted by molar-refractivity contribution is -0.121. The molecular formula is C30H32ClN5O. The van der Waals surface area contributed by atoms with Gasteiger partial charge in [0.15, 0.2) is 0 Å². The zero-order valence-corrected chi connectivity index (χ0v) is 22.2. The smallest absolute Gasteiger partial charge is 0.260 e. The zero-order chi connectivity index (χ0) is 26.8. The van der Waals surface area contributed by atoms with E-state index < -0.39 is 0 Å². The summed E-state index contributed by atoms with van der Waals surface area (Å²) in [5.74, 6) is 0.526. The molecule has 0 saturated heterocycles. The monoisotopic (exact) mass is 513 g/mol. The van der Waals surface area contributed by atoms with Gasteiger partial charge < -0.3 is 0 Å². The maximum Gasteiger partial charge on any atom is 0.260 e. The second-order valence-electron chi connectivity index (χ2n) is 8.12. The van der Waals surface area contributed by atoms with E-state index in [4.69, 9.17) is 16.6 Å². The SMILES string of the molecule is C/C=C1/C=C(c2ccc(-c3cccnc3)cc2Cl)C(=O)N(CC)/C1=N/C(C)NCc1ccccn1.C=C. The molecule has 1 atom stereocenters. The van der Waals surface area contributed by atoms with Crippen molar-refractivity contribution < 1.29 is 4.79 Å². The molecule has 7 heteroatoms. The Balaban J connectivity index is 0.00000186. The number of aliphatic imine (C=N–C) groups is 1. The third kappa shape index (κ3) is 6.67. The average molecular weight is 514 g/mol. The van der Waals surface area contributed by atoms with Crippen LogP contribution in [0.2, 0.25) is 5.02 Å². The number of carbonyl (C=O) groups is 1. The number of amidine groups is 1. The van der Waals surface area contributed by atoms with E-state index in [0.717, 1.165) is 22.4 Å². The largest absolute Gasteiger partial charge is 0.293 e. The molecule has 1 N–H and O–H groups in total. The van der Waals surface area contributed by atoms with Crippen molar-refractivity contribution in [3.63, 3.8) is 0 Å². The van der Waals surface area contributed by atoms with Gasteiger partial charge >= 0.3 is 0 Å². The van der Waals surface area contributed by atoms with Gasteiger partial charge in [0.05, 0.1) is 11.9 Å². The van der Waals surface area contributed by atoms with Gasteiger partial charge in [0.1, 0.15) is 5.84 Å². The van der Waals surface area contributed by atoms with Gasteiger partial charge in [0, 0.05) is 59.0 Å². The molecule has 37 heavy (non-hydrogen) atoms. The predicted molar refractivity (Wildman–Crippen MR) is 153 cm³/mol. The number of nitrogens with zero attached hydrogens (tertiary/aromatic N) is 4. The number of hydrogen-bond acceptors (Lipinski definition) is 5. The number of amides is 1. The lowest BCUT2D eigenvalue weighted by atomic mass is 9.95. The molecule has 0 spiro atoms. The lowest BCUT2D eigenvalue weighted by Gasteiger charge is -2.30. The fourth-order valence-electron chi connectivity index (χ4n) is 3.95. The Morgan fingerprint density at radius 1 is 1.14 bits per heavy atom.